The molecule has 4 heterocycles. The molecule has 5 rings (SSSR count). The predicted octanol–water partition coefficient (Wildman–Crippen LogP) is 2.42. The van der Waals surface area contributed by atoms with E-state index in [4.69, 9.17) is 33.8 Å². The Bertz CT molecular complexity index is 2330. The highest BCUT2D eigenvalue weighted by atomic mass is 35.5. The lowest BCUT2D eigenvalue weighted by atomic mass is 10.0. The standard InChI is InChI=1S/C35H41Cl2N9O11S2/c1-5-7-8-10-44(11-9-39-28(50)22-26(49)18-16(45(6-2)42-22)12-17(47)25(48)19(18)36)13-15-14-58-31-23(30(52)46(31)24(15)32(53)54)40-29(51)21(20-27(37)59-34(38)41-20)43-57-35(3,4)33(55)56/h12,23,31,47-48H,5-11,13-14H2,1-4H3,(H2,38,41)(H,39,50)(H,40,51)(H,53,54)(H,55,56)/b43-21-/t23-,31-/m1/s1. The quantitative estimate of drug-likeness (QED) is 0.0317. The van der Waals surface area contributed by atoms with Gasteiger partial charge < -0.3 is 41.6 Å². The molecular formula is C35H41Cl2N9O11S2. The van der Waals surface area contributed by atoms with Crippen LogP contribution in [0.4, 0.5) is 5.13 Å². The number of benzene rings is 1. The average Bonchev–Trinajstić information content (AvgIpc) is 3.51. The van der Waals surface area contributed by atoms with Crippen LogP contribution < -0.4 is 21.8 Å². The van der Waals surface area contributed by atoms with Gasteiger partial charge in [-0.05, 0) is 39.3 Å². The number of aromatic nitrogens is 3. The number of aliphatic carboxylic acids is 2. The van der Waals surface area contributed by atoms with Gasteiger partial charge in [0.25, 0.3) is 17.7 Å². The van der Waals surface area contributed by atoms with Gasteiger partial charge in [0, 0.05) is 38.0 Å². The summed E-state index contributed by atoms with van der Waals surface area (Å²) in [6, 6.07) is -0.0805. The number of aryl methyl sites for hydroxylation is 1. The third-order valence-electron chi connectivity index (χ3n) is 9.32. The number of carboxylic acids is 2. The Kier molecular flexibility index (Phi) is 14.0. The Hall–Kier alpha value is -5.16. The van der Waals surface area contributed by atoms with E-state index in [1.807, 2.05) is 11.8 Å². The van der Waals surface area contributed by atoms with Crippen molar-refractivity contribution in [3.8, 4) is 11.5 Å². The molecule has 0 saturated carbocycles. The van der Waals surface area contributed by atoms with Gasteiger partial charge in [-0.3, -0.25) is 33.7 Å². The van der Waals surface area contributed by atoms with E-state index in [1.54, 1.807) is 6.92 Å². The van der Waals surface area contributed by atoms with Gasteiger partial charge in [0.1, 0.15) is 27.1 Å². The van der Waals surface area contributed by atoms with Crippen LogP contribution in [-0.4, -0.2) is 129 Å². The van der Waals surface area contributed by atoms with Gasteiger partial charge in [-0.2, -0.15) is 5.10 Å². The Labute approximate surface area is 354 Å². The Balaban J connectivity index is 1.32. The number of oxime groups is 1. The highest BCUT2D eigenvalue weighted by Gasteiger charge is 2.54. The SMILES string of the molecule is CCCCCN(CCNC(=O)c1nn(CC)c2cc(O)c(O)c(Cl)c2c1=O)CC1=C(C(=O)O)N2C(=O)[C@@H](NC(=O)/C(=N\OC(C)(C)C(=O)O)c3nc(N)sc3Cl)[C@H]2SC1. The van der Waals surface area contributed by atoms with E-state index in [1.165, 1.54) is 30.3 Å². The Morgan fingerprint density at radius 2 is 1.83 bits per heavy atom. The number of phenolic OH excluding ortho intramolecular Hbond substituents is 2. The number of nitrogens with zero attached hydrogens (tertiary/aromatic N) is 6. The molecule has 59 heavy (non-hydrogen) atoms. The second kappa shape index (κ2) is 18.4. The molecule has 3 aromatic rings. The van der Waals surface area contributed by atoms with Crippen LogP contribution in [0, 0.1) is 0 Å². The number of thiazole rings is 1. The van der Waals surface area contributed by atoms with Crippen molar-refractivity contribution < 1.29 is 49.2 Å². The molecule has 0 aliphatic carbocycles. The largest absolute Gasteiger partial charge is 0.504 e. The zero-order chi connectivity index (χ0) is 43.5. The van der Waals surface area contributed by atoms with E-state index in [9.17, 15) is 49.2 Å². The van der Waals surface area contributed by atoms with Crippen LogP contribution in [-0.2, 0) is 30.6 Å². The molecule has 24 heteroatoms. The normalized spacial score (nSPS) is 16.9. The van der Waals surface area contributed by atoms with Crippen molar-refractivity contribution in [1.82, 2.24) is 35.2 Å². The molecule has 1 aromatic carbocycles. The molecule has 2 aliphatic rings. The molecule has 0 unspecified atom stereocenters. The number of amides is 3. The first kappa shape index (κ1) is 44.9. The molecule has 0 radical (unpaired) electrons. The monoisotopic (exact) mass is 897 g/mol. The molecule has 2 atom stereocenters. The molecule has 3 amide bonds. The fourth-order valence-corrected chi connectivity index (χ4v) is 8.71. The van der Waals surface area contributed by atoms with Crippen molar-refractivity contribution in [1.29, 1.82) is 0 Å². The third kappa shape index (κ3) is 9.35. The molecule has 0 bridgehead atoms. The van der Waals surface area contributed by atoms with Crippen molar-refractivity contribution in [3.05, 3.63) is 48.3 Å². The highest BCUT2D eigenvalue weighted by molar-refractivity contribution is 8.00. The summed E-state index contributed by atoms with van der Waals surface area (Å²) >= 11 is 14.5. The number of fused-ring (bicyclic) bond motifs is 2. The van der Waals surface area contributed by atoms with Gasteiger partial charge >= 0.3 is 11.9 Å². The van der Waals surface area contributed by atoms with Crippen molar-refractivity contribution in [2.75, 3.05) is 37.7 Å². The molecular weight excluding hydrogens is 857 g/mol. The highest BCUT2D eigenvalue weighted by Crippen LogP contribution is 2.41. The van der Waals surface area contributed by atoms with E-state index >= 15 is 0 Å². The molecule has 1 saturated heterocycles. The van der Waals surface area contributed by atoms with Crippen LogP contribution in [0.25, 0.3) is 10.9 Å². The zero-order valence-electron chi connectivity index (χ0n) is 32.1. The summed E-state index contributed by atoms with van der Waals surface area (Å²) in [4.78, 5) is 90.3. The first-order valence-electron chi connectivity index (χ1n) is 18.1. The van der Waals surface area contributed by atoms with Gasteiger partial charge in [0.2, 0.25) is 11.0 Å². The molecule has 8 N–H and O–H groups in total. The van der Waals surface area contributed by atoms with Crippen LogP contribution in [0.5, 0.6) is 11.5 Å². The number of carbonyl (C=O) groups is 5. The number of thioether (sulfide) groups is 1. The zero-order valence-corrected chi connectivity index (χ0v) is 35.2. The number of anilines is 1. The van der Waals surface area contributed by atoms with Crippen molar-refractivity contribution in [2.45, 2.75) is 70.5 Å². The number of β-lactam (4-membered cyclic amide) rings is 1. The number of hydrogen-bond acceptors (Lipinski definition) is 16. The van der Waals surface area contributed by atoms with Crippen LogP contribution in [0.3, 0.4) is 0 Å². The molecule has 2 aromatic heterocycles. The minimum atomic E-state index is -1.87. The van der Waals surface area contributed by atoms with Crippen LogP contribution >= 0.6 is 46.3 Å². The maximum atomic E-state index is 13.6. The number of nitrogen functional groups attached to an aromatic ring is 1. The number of phenols is 2. The number of unbranched alkanes of at least 4 members (excludes halogenated alkanes) is 2. The second-order valence-electron chi connectivity index (χ2n) is 13.8. The van der Waals surface area contributed by atoms with Crippen LogP contribution in [0.15, 0.2) is 27.3 Å². The number of nitrogens with one attached hydrogen (secondary N) is 2. The van der Waals surface area contributed by atoms with E-state index in [-0.39, 0.29) is 63.7 Å². The van der Waals surface area contributed by atoms with Gasteiger partial charge in [0.05, 0.1) is 15.9 Å². The van der Waals surface area contributed by atoms with Crippen molar-refractivity contribution in [3.63, 3.8) is 0 Å². The number of halogens is 2. The lowest BCUT2D eigenvalue weighted by Crippen LogP contribution is -2.71. The minimum Gasteiger partial charge on any atom is -0.504 e. The Morgan fingerprint density at radius 3 is 2.44 bits per heavy atom. The molecule has 0 spiro atoms. The van der Waals surface area contributed by atoms with Crippen molar-refractivity contribution in [2.24, 2.45) is 5.16 Å². The summed E-state index contributed by atoms with van der Waals surface area (Å²) in [5.41, 5.74) is 2.07. The lowest BCUT2D eigenvalue weighted by molar-refractivity contribution is -0.161. The van der Waals surface area contributed by atoms with E-state index in [0.717, 1.165) is 41.6 Å². The van der Waals surface area contributed by atoms with Gasteiger partial charge in [-0.15, -0.1) is 11.8 Å². The average molecular weight is 899 g/mol. The number of aromatic hydroxyl groups is 2. The fraction of sp³-hybridized carbons (Fsp3) is 0.457. The van der Waals surface area contributed by atoms with Gasteiger partial charge in [0.15, 0.2) is 28.0 Å². The summed E-state index contributed by atoms with van der Waals surface area (Å²) in [5, 5.41) is 51.6. The summed E-state index contributed by atoms with van der Waals surface area (Å²) in [6.45, 7) is 7.14. The molecule has 1 fully saturated rings. The number of nitrogens with two attached hydrogens (primary N) is 1. The summed E-state index contributed by atoms with van der Waals surface area (Å²) < 4.78 is 1.24. The third-order valence-corrected chi connectivity index (χ3v) is 12.1. The van der Waals surface area contributed by atoms with Gasteiger partial charge in [-0.1, -0.05) is 59.5 Å². The minimum absolute atomic E-state index is 0.0128. The van der Waals surface area contributed by atoms with Crippen LogP contribution in [0.1, 0.15) is 63.1 Å². The lowest BCUT2D eigenvalue weighted by Gasteiger charge is -2.49. The number of carboxylic acid groups (broad SMARTS) is 2. The Morgan fingerprint density at radius 1 is 1.12 bits per heavy atom. The summed E-state index contributed by atoms with van der Waals surface area (Å²) in [5.74, 6) is -6.41. The van der Waals surface area contributed by atoms with Crippen molar-refractivity contribution >= 4 is 97.7 Å². The smallest absolute Gasteiger partial charge is 0.352 e. The first-order valence-corrected chi connectivity index (χ1v) is 20.7. The predicted molar refractivity (Wildman–Crippen MR) is 219 cm³/mol. The molecule has 318 valence electrons. The first-order chi connectivity index (χ1) is 27.8. The molecule has 2 aliphatic heterocycles. The molecule has 20 nitrogen and oxygen atoms in total. The number of rotatable bonds is 18. The van der Waals surface area contributed by atoms with Gasteiger partial charge in [-0.25, -0.2) is 14.6 Å². The summed E-state index contributed by atoms with van der Waals surface area (Å²) in [7, 11) is 0. The number of carbonyl (C=O) groups excluding carboxylic acids is 3. The maximum Gasteiger partial charge on any atom is 0.352 e. The topological polar surface area (TPSA) is 292 Å². The second-order valence-corrected chi connectivity index (χ2v) is 16.9. The van der Waals surface area contributed by atoms with E-state index < -0.39 is 80.0 Å². The van der Waals surface area contributed by atoms with E-state index in [2.05, 4.69) is 25.9 Å². The maximum absolute atomic E-state index is 13.6. The van der Waals surface area contributed by atoms with E-state index in [0.29, 0.717) is 12.1 Å². The fourth-order valence-electron chi connectivity index (χ4n) is 6.17. The summed E-state index contributed by atoms with van der Waals surface area (Å²) in [6.07, 6.45) is 2.49. The van der Waals surface area contributed by atoms with Crippen LogP contribution in [0.2, 0.25) is 9.36 Å². The number of hydrogen-bond donors (Lipinski definition) is 7.